The summed E-state index contributed by atoms with van der Waals surface area (Å²) in [6.45, 7) is 4.16. The molecule has 5 aromatic carbocycles. The van der Waals surface area contributed by atoms with Gasteiger partial charge in [0.2, 0.25) is 22.8 Å². The Bertz CT molecular complexity index is 2610. The van der Waals surface area contributed by atoms with Crippen molar-refractivity contribution < 1.29 is 9.98 Å². The van der Waals surface area contributed by atoms with Crippen LogP contribution in [0.4, 0.5) is 45.5 Å². The minimum Gasteiger partial charge on any atom is -0.388 e. The summed E-state index contributed by atoms with van der Waals surface area (Å²) in [5.41, 5.74) is 16.3. The zero-order valence-corrected chi connectivity index (χ0v) is 34.3. The number of anilines is 3. The van der Waals surface area contributed by atoms with E-state index in [0.29, 0.717) is 0 Å². The Morgan fingerprint density at radius 3 is 1.07 bits per heavy atom. The molecule has 8 nitrogen and oxygen atoms in total. The number of hydrogen-bond acceptors (Lipinski definition) is 6. The van der Waals surface area contributed by atoms with Crippen LogP contribution in [0.15, 0.2) is 214 Å². The molecule has 3 aliphatic rings. The molecule has 0 fully saturated rings. The van der Waals surface area contributed by atoms with Crippen LogP contribution in [0.5, 0.6) is 0 Å². The summed E-state index contributed by atoms with van der Waals surface area (Å²) >= 11 is 0. The van der Waals surface area contributed by atoms with Gasteiger partial charge in [0.1, 0.15) is 0 Å². The van der Waals surface area contributed by atoms with Crippen molar-refractivity contribution in [2.24, 2.45) is 20.0 Å². The molecule has 8 rings (SSSR count). The molecular formula is C52H48N8+2. The van der Waals surface area contributed by atoms with Gasteiger partial charge in [0, 0.05) is 79.7 Å². The van der Waals surface area contributed by atoms with E-state index in [9.17, 15) is 0 Å². The molecule has 4 N–H and O–H groups in total. The number of aliphatic imine (C=N–C) groups is 4. The van der Waals surface area contributed by atoms with Gasteiger partial charge in [-0.3, -0.25) is 4.99 Å². The molecule has 294 valence electrons. The average molecular weight is 785 g/mol. The lowest BCUT2D eigenvalue weighted by Gasteiger charge is -2.07. The van der Waals surface area contributed by atoms with Gasteiger partial charge in [-0.2, -0.15) is 0 Å². The van der Waals surface area contributed by atoms with E-state index in [-0.39, 0.29) is 0 Å². The summed E-state index contributed by atoms with van der Waals surface area (Å²) in [6, 6.07) is 41.0. The van der Waals surface area contributed by atoms with Crippen LogP contribution in [0.1, 0.15) is 11.1 Å². The maximum Gasteiger partial charge on any atom is 0.204 e. The third kappa shape index (κ3) is 12.1. The summed E-state index contributed by atoms with van der Waals surface area (Å²) in [4.78, 5) is 24.9. The minimum absolute atomic E-state index is 0.886. The number of aryl methyl sites for hydroxylation is 2. The fourth-order valence-electron chi connectivity index (χ4n) is 6.08. The minimum atomic E-state index is 0.886. The van der Waals surface area contributed by atoms with Gasteiger partial charge in [0.25, 0.3) is 0 Å². The third-order valence-electron chi connectivity index (χ3n) is 9.48. The molecule has 0 saturated carbocycles. The number of nitrogens with one attached hydrogen (secondary N) is 4. The first-order chi connectivity index (χ1) is 29.3. The van der Waals surface area contributed by atoms with Crippen LogP contribution in [0.2, 0.25) is 0 Å². The van der Waals surface area contributed by atoms with Gasteiger partial charge in [-0.1, -0.05) is 35.4 Å². The molecule has 3 aliphatic carbocycles. The largest absolute Gasteiger partial charge is 0.388 e. The molecule has 5 aromatic rings. The van der Waals surface area contributed by atoms with Gasteiger partial charge in [0.15, 0.2) is 0 Å². The summed E-state index contributed by atoms with van der Waals surface area (Å²) in [5, 5.41) is 6.54. The second-order valence-electron chi connectivity index (χ2n) is 14.2. The topological polar surface area (TPSA) is 101 Å². The summed E-state index contributed by atoms with van der Waals surface area (Å²) in [6.07, 6.45) is 24.1. The van der Waals surface area contributed by atoms with E-state index in [1.54, 1.807) is 7.05 Å². The van der Waals surface area contributed by atoms with E-state index in [2.05, 4.69) is 164 Å². The molecule has 8 heteroatoms. The van der Waals surface area contributed by atoms with Crippen molar-refractivity contribution in [2.45, 2.75) is 13.8 Å². The van der Waals surface area contributed by atoms with E-state index in [0.717, 1.165) is 79.8 Å². The predicted molar refractivity (Wildman–Crippen MR) is 255 cm³/mol. The Morgan fingerprint density at radius 1 is 0.367 bits per heavy atom. The monoisotopic (exact) mass is 784 g/mol. The molecule has 0 unspecified atom stereocenters. The molecule has 0 radical (unpaired) electrons. The molecule has 0 bridgehead atoms. The number of rotatable bonds is 8. The normalized spacial score (nSPS) is 13.7. The standard InChI is InChI=1S/C26H24N4.C26H22N4/c2*1-19-3-5-21(6-4-19)28-23-11-13-25(14-12-23)30-26-17-15-24(16-18-26)29-22-9-7-20(27-2)8-10-22/h3-18,27,29H,1-2H3;3-18H,1-2H3/p+2. The zero-order valence-electron chi connectivity index (χ0n) is 34.3. The van der Waals surface area contributed by atoms with Crippen molar-refractivity contribution in [1.82, 2.24) is 0 Å². The van der Waals surface area contributed by atoms with Gasteiger partial charge >= 0.3 is 0 Å². The lowest BCUT2D eigenvalue weighted by atomic mass is 10.1. The van der Waals surface area contributed by atoms with E-state index in [1.165, 1.54) is 11.1 Å². The van der Waals surface area contributed by atoms with Crippen LogP contribution in [0.3, 0.4) is 0 Å². The molecule has 0 heterocycles. The smallest absolute Gasteiger partial charge is 0.204 e. The molecular weight excluding hydrogens is 737 g/mol. The molecule has 0 spiro atoms. The predicted octanol–water partition coefficient (Wildman–Crippen LogP) is 9.15. The van der Waals surface area contributed by atoms with Gasteiger partial charge in [-0.05, 0) is 135 Å². The lowest BCUT2D eigenvalue weighted by molar-refractivity contribution is -0.353. The first kappa shape index (κ1) is 40.4. The zero-order chi connectivity index (χ0) is 41.5. The SMILES string of the molecule is CN=C1C=CC(=Nc2ccc(N=C3C=CC(=Nc4ccc(C)cc4)C=C3)cc2)C=C1.CNc1ccc(Nc2ccc([NH+]=C3C=CC(=[NH+]c4ccc(C)cc4)C=C3)cc2)cc1. The Morgan fingerprint density at radius 2 is 0.683 bits per heavy atom. The summed E-state index contributed by atoms with van der Waals surface area (Å²) in [5.74, 6) is 0. The van der Waals surface area contributed by atoms with Crippen molar-refractivity contribution in [3.63, 3.8) is 0 Å². The highest BCUT2D eigenvalue weighted by atomic mass is 14.9. The second kappa shape index (κ2) is 20.0. The number of allylic oxidation sites excluding steroid dienone is 12. The maximum absolute atomic E-state index is 4.68. The van der Waals surface area contributed by atoms with Gasteiger partial charge in [-0.15, -0.1) is 0 Å². The van der Waals surface area contributed by atoms with Gasteiger partial charge in [-0.25, -0.2) is 25.0 Å². The molecule has 0 aliphatic heterocycles. The number of nitrogens with zero attached hydrogens (tertiary/aromatic N) is 4. The van der Waals surface area contributed by atoms with Crippen LogP contribution in [0.25, 0.3) is 0 Å². The average Bonchev–Trinajstić information content (AvgIpc) is 3.29. The van der Waals surface area contributed by atoms with Crippen LogP contribution in [-0.4, -0.2) is 48.4 Å². The van der Waals surface area contributed by atoms with E-state index >= 15 is 0 Å². The fraction of sp³-hybridized carbons (Fsp3) is 0.0769. The summed E-state index contributed by atoms with van der Waals surface area (Å²) < 4.78 is 0. The Labute approximate surface area is 352 Å². The molecule has 0 atom stereocenters. The molecule has 60 heavy (non-hydrogen) atoms. The molecule has 0 aromatic heterocycles. The first-order valence-corrected chi connectivity index (χ1v) is 19.8. The van der Waals surface area contributed by atoms with Crippen molar-refractivity contribution in [3.8, 4) is 0 Å². The van der Waals surface area contributed by atoms with Crippen molar-refractivity contribution in [3.05, 3.63) is 205 Å². The van der Waals surface area contributed by atoms with E-state index in [4.69, 9.17) is 0 Å². The second-order valence-corrected chi connectivity index (χ2v) is 14.2. The van der Waals surface area contributed by atoms with Crippen molar-refractivity contribution >= 4 is 79.8 Å². The van der Waals surface area contributed by atoms with Gasteiger partial charge < -0.3 is 10.6 Å². The highest BCUT2D eigenvalue weighted by Crippen LogP contribution is 2.22. The summed E-state index contributed by atoms with van der Waals surface area (Å²) in [7, 11) is 3.70. The van der Waals surface area contributed by atoms with Crippen molar-refractivity contribution in [1.29, 1.82) is 0 Å². The number of benzene rings is 5. The van der Waals surface area contributed by atoms with Crippen LogP contribution in [0, 0.1) is 13.8 Å². The van der Waals surface area contributed by atoms with Crippen LogP contribution in [-0.2, 0) is 0 Å². The molecule has 0 amide bonds. The van der Waals surface area contributed by atoms with Crippen molar-refractivity contribution in [2.75, 3.05) is 24.7 Å². The fourth-order valence-corrected chi connectivity index (χ4v) is 6.08. The maximum atomic E-state index is 4.68. The third-order valence-corrected chi connectivity index (χ3v) is 9.48. The van der Waals surface area contributed by atoms with E-state index < -0.39 is 0 Å². The molecule has 0 saturated heterocycles. The lowest BCUT2D eigenvalue weighted by Crippen LogP contribution is -2.68. The Balaban J connectivity index is 0.000000181. The van der Waals surface area contributed by atoms with E-state index in [1.807, 2.05) is 92.1 Å². The highest BCUT2D eigenvalue weighted by Gasteiger charge is 2.10. The Hall–Kier alpha value is -7.84. The quantitative estimate of drug-likeness (QED) is 0.118. The van der Waals surface area contributed by atoms with Crippen LogP contribution >= 0.6 is 0 Å². The number of hydrogen-bond donors (Lipinski definition) is 4. The highest BCUT2D eigenvalue weighted by molar-refractivity contribution is 6.20. The van der Waals surface area contributed by atoms with Crippen LogP contribution < -0.4 is 20.6 Å². The van der Waals surface area contributed by atoms with Gasteiger partial charge in [0.05, 0.1) is 39.9 Å². The Kier molecular flexibility index (Phi) is 13.5. The first-order valence-electron chi connectivity index (χ1n) is 19.8.